The van der Waals surface area contributed by atoms with Crippen molar-refractivity contribution in [2.24, 2.45) is 0 Å². The van der Waals surface area contributed by atoms with Crippen molar-refractivity contribution < 1.29 is 14.3 Å². The van der Waals surface area contributed by atoms with E-state index in [1.165, 1.54) is 6.26 Å². The summed E-state index contributed by atoms with van der Waals surface area (Å²) in [5.41, 5.74) is 0.589. The van der Waals surface area contributed by atoms with Crippen LogP contribution in [-0.2, 0) is 0 Å². The molecule has 18 heavy (non-hydrogen) atoms. The van der Waals surface area contributed by atoms with Gasteiger partial charge in [-0.2, -0.15) is 0 Å². The highest BCUT2D eigenvalue weighted by atomic mass is 16.3. The van der Waals surface area contributed by atoms with Crippen LogP contribution in [0.4, 0.5) is 0 Å². The van der Waals surface area contributed by atoms with Crippen LogP contribution in [0, 0.1) is 0 Å². The number of fused-ring (bicyclic) bond motifs is 1. The molecule has 3 rings (SSSR count). The van der Waals surface area contributed by atoms with E-state index in [4.69, 9.17) is 4.42 Å². The Morgan fingerprint density at radius 3 is 2.89 bits per heavy atom. The zero-order valence-electron chi connectivity index (χ0n) is 10.2. The molecule has 0 radical (unpaired) electrons. The molecule has 1 amide bonds. The molecule has 4 heteroatoms. The molecule has 0 bridgehead atoms. The molecule has 1 aromatic carbocycles. The maximum atomic E-state index is 12.3. The van der Waals surface area contributed by atoms with Crippen molar-refractivity contribution in [3.8, 4) is 0 Å². The number of carbonyl (C=O) groups is 1. The highest BCUT2D eigenvalue weighted by Crippen LogP contribution is 2.28. The van der Waals surface area contributed by atoms with Gasteiger partial charge >= 0.3 is 0 Å². The Balaban J connectivity index is 1.86. The molecule has 1 aliphatic rings. The summed E-state index contributed by atoms with van der Waals surface area (Å²) in [5, 5.41) is 10.8. The molecule has 0 atom stereocenters. The number of likely N-dealkylation sites (tertiary alicyclic amines) is 1. The number of hydrogen-bond acceptors (Lipinski definition) is 3. The number of furan rings is 1. The molecule has 0 saturated carbocycles. The minimum absolute atomic E-state index is 0.0712. The normalized spacial score (nSPS) is 17.8. The average Bonchev–Trinajstić information content (AvgIpc) is 2.78. The Morgan fingerprint density at radius 2 is 2.17 bits per heavy atom. The van der Waals surface area contributed by atoms with E-state index in [9.17, 15) is 9.90 Å². The monoisotopic (exact) mass is 245 g/mol. The summed E-state index contributed by atoms with van der Waals surface area (Å²) < 4.78 is 5.36. The highest BCUT2D eigenvalue weighted by Gasteiger charge is 2.42. The van der Waals surface area contributed by atoms with E-state index in [1.807, 2.05) is 31.2 Å². The molecular formula is C14H15NO3. The summed E-state index contributed by atoms with van der Waals surface area (Å²) in [6.07, 6.45) is 2.17. The summed E-state index contributed by atoms with van der Waals surface area (Å²) in [6.45, 7) is 2.73. The van der Waals surface area contributed by atoms with E-state index < -0.39 is 5.60 Å². The Labute approximate surface area is 105 Å². The van der Waals surface area contributed by atoms with Gasteiger partial charge in [-0.05, 0) is 12.5 Å². The van der Waals surface area contributed by atoms with Crippen LogP contribution in [0.15, 0.2) is 34.9 Å². The lowest BCUT2D eigenvalue weighted by molar-refractivity contribution is -0.0826. The lowest BCUT2D eigenvalue weighted by Gasteiger charge is -2.45. The van der Waals surface area contributed by atoms with Crippen molar-refractivity contribution in [3.05, 3.63) is 36.1 Å². The van der Waals surface area contributed by atoms with Crippen molar-refractivity contribution in [2.75, 3.05) is 13.1 Å². The molecule has 0 unspecified atom stereocenters. The van der Waals surface area contributed by atoms with Crippen molar-refractivity contribution in [2.45, 2.75) is 18.9 Å². The van der Waals surface area contributed by atoms with E-state index >= 15 is 0 Å². The highest BCUT2D eigenvalue weighted by molar-refractivity contribution is 6.06. The molecule has 1 aliphatic heterocycles. The molecule has 4 nitrogen and oxygen atoms in total. The molecule has 1 N–H and O–H groups in total. The second-order valence-corrected chi connectivity index (χ2v) is 4.88. The Bertz CT molecular complexity index is 596. The Hall–Kier alpha value is -1.81. The summed E-state index contributed by atoms with van der Waals surface area (Å²) in [7, 11) is 0. The van der Waals surface area contributed by atoms with E-state index in [2.05, 4.69) is 0 Å². The van der Waals surface area contributed by atoms with E-state index in [0.717, 1.165) is 5.39 Å². The fourth-order valence-corrected chi connectivity index (χ4v) is 2.35. The lowest BCUT2D eigenvalue weighted by Crippen LogP contribution is -2.63. The predicted octanol–water partition coefficient (Wildman–Crippen LogP) is 2.03. The first-order valence-corrected chi connectivity index (χ1v) is 6.11. The van der Waals surface area contributed by atoms with Gasteiger partial charge in [0.15, 0.2) is 0 Å². The quantitative estimate of drug-likeness (QED) is 0.880. The maximum absolute atomic E-state index is 12.3. The summed E-state index contributed by atoms with van der Waals surface area (Å²) in [6, 6.07) is 7.47. The number of aliphatic hydroxyl groups is 1. The number of amides is 1. The van der Waals surface area contributed by atoms with Gasteiger partial charge in [0, 0.05) is 5.39 Å². The largest absolute Gasteiger partial charge is 0.463 e. The third-order valence-corrected chi connectivity index (χ3v) is 3.63. The van der Waals surface area contributed by atoms with Gasteiger partial charge in [-0.15, -0.1) is 0 Å². The van der Waals surface area contributed by atoms with Gasteiger partial charge in [-0.25, -0.2) is 0 Å². The zero-order valence-corrected chi connectivity index (χ0v) is 10.2. The summed E-state index contributed by atoms with van der Waals surface area (Å²) >= 11 is 0. The van der Waals surface area contributed by atoms with Gasteiger partial charge in [0.05, 0.1) is 24.3 Å². The molecule has 0 spiro atoms. The first-order chi connectivity index (χ1) is 8.63. The smallest absolute Gasteiger partial charge is 0.257 e. The summed E-state index contributed by atoms with van der Waals surface area (Å²) in [5.74, 6) is -0.0712. The van der Waals surface area contributed by atoms with Crippen LogP contribution < -0.4 is 0 Å². The number of hydrogen-bond donors (Lipinski definition) is 1. The minimum atomic E-state index is -0.699. The number of nitrogens with zero attached hydrogens (tertiary/aromatic N) is 1. The van der Waals surface area contributed by atoms with E-state index in [-0.39, 0.29) is 5.91 Å². The van der Waals surface area contributed by atoms with Gasteiger partial charge < -0.3 is 14.4 Å². The number of rotatable bonds is 2. The SMILES string of the molecule is CCC1(O)CN(C(=O)c2coc3ccccc23)C1. The third-order valence-electron chi connectivity index (χ3n) is 3.63. The number of β-amino-alcohol motifs (C(OH)–C–C–N with tert-alkyl or cyclic N) is 1. The molecule has 1 saturated heterocycles. The molecule has 1 fully saturated rings. The second-order valence-electron chi connectivity index (χ2n) is 4.88. The van der Waals surface area contributed by atoms with E-state index in [1.54, 1.807) is 4.90 Å². The lowest BCUT2D eigenvalue weighted by atomic mass is 9.90. The van der Waals surface area contributed by atoms with Crippen LogP contribution in [0.1, 0.15) is 23.7 Å². The summed E-state index contributed by atoms with van der Waals surface area (Å²) in [4.78, 5) is 13.9. The second kappa shape index (κ2) is 3.85. The predicted molar refractivity (Wildman–Crippen MR) is 67.4 cm³/mol. The molecule has 2 heterocycles. The van der Waals surface area contributed by atoms with Crippen LogP contribution in [0.5, 0.6) is 0 Å². The molecule has 94 valence electrons. The molecule has 1 aromatic heterocycles. The fraction of sp³-hybridized carbons (Fsp3) is 0.357. The standard InChI is InChI=1S/C14H15NO3/c1-2-14(17)8-15(9-14)13(16)11-7-18-12-6-4-3-5-10(11)12/h3-7,17H,2,8-9H2,1H3. The first-order valence-electron chi connectivity index (χ1n) is 6.11. The third kappa shape index (κ3) is 1.61. The number of para-hydroxylation sites is 1. The van der Waals surface area contributed by atoms with Crippen LogP contribution in [0.2, 0.25) is 0 Å². The van der Waals surface area contributed by atoms with Crippen LogP contribution >= 0.6 is 0 Å². The van der Waals surface area contributed by atoms with Crippen LogP contribution in [0.3, 0.4) is 0 Å². The Kier molecular flexibility index (Phi) is 2.41. The van der Waals surface area contributed by atoms with Crippen molar-refractivity contribution in [1.29, 1.82) is 0 Å². The fourth-order valence-electron chi connectivity index (χ4n) is 2.35. The van der Waals surface area contributed by atoms with Crippen LogP contribution in [0.25, 0.3) is 11.0 Å². The number of benzene rings is 1. The average molecular weight is 245 g/mol. The van der Waals surface area contributed by atoms with Crippen molar-refractivity contribution in [1.82, 2.24) is 4.90 Å². The van der Waals surface area contributed by atoms with Crippen molar-refractivity contribution in [3.63, 3.8) is 0 Å². The zero-order chi connectivity index (χ0) is 12.8. The van der Waals surface area contributed by atoms with E-state index in [0.29, 0.717) is 30.7 Å². The van der Waals surface area contributed by atoms with Crippen molar-refractivity contribution >= 4 is 16.9 Å². The van der Waals surface area contributed by atoms with Gasteiger partial charge in [0.25, 0.3) is 5.91 Å². The number of carbonyl (C=O) groups excluding carboxylic acids is 1. The molecule has 2 aromatic rings. The van der Waals surface area contributed by atoms with Gasteiger partial charge in [0.2, 0.25) is 0 Å². The maximum Gasteiger partial charge on any atom is 0.257 e. The topological polar surface area (TPSA) is 53.7 Å². The molecule has 0 aliphatic carbocycles. The van der Waals surface area contributed by atoms with Gasteiger partial charge in [-0.3, -0.25) is 4.79 Å². The molecular weight excluding hydrogens is 230 g/mol. The minimum Gasteiger partial charge on any atom is -0.463 e. The van der Waals surface area contributed by atoms with Gasteiger partial charge in [0.1, 0.15) is 11.8 Å². The van der Waals surface area contributed by atoms with Gasteiger partial charge in [-0.1, -0.05) is 25.1 Å². The van der Waals surface area contributed by atoms with Crippen LogP contribution in [-0.4, -0.2) is 34.6 Å². The Morgan fingerprint density at radius 1 is 1.44 bits per heavy atom. The first kappa shape index (κ1) is 11.3.